The number of ether oxygens (including phenoxy) is 1. The van der Waals surface area contributed by atoms with E-state index >= 15 is 0 Å². The highest BCUT2D eigenvalue weighted by atomic mass is 19.1. The van der Waals surface area contributed by atoms with Gasteiger partial charge in [0.05, 0.1) is 6.10 Å². The Morgan fingerprint density at radius 3 is 2.47 bits per heavy atom. The molecule has 3 rings (SSSR count). The SMILES string of the molecule is O=C(O)CNC(=O)C1=C(O)CCN(C[C@H]2CC[C@@H](Oc3ccc(F)cc3)CC2)C1=O. The molecule has 1 aromatic rings. The average Bonchev–Trinajstić information content (AvgIpc) is 2.72. The van der Waals surface area contributed by atoms with E-state index in [4.69, 9.17) is 9.84 Å². The minimum atomic E-state index is -1.23. The monoisotopic (exact) mass is 420 g/mol. The number of carboxylic acids is 1. The van der Waals surface area contributed by atoms with E-state index in [-0.39, 0.29) is 35.6 Å². The van der Waals surface area contributed by atoms with Crippen molar-refractivity contribution in [1.82, 2.24) is 10.2 Å². The number of carboxylic acid groups (broad SMARTS) is 1. The van der Waals surface area contributed by atoms with Gasteiger partial charge >= 0.3 is 5.97 Å². The van der Waals surface area contributed by atoms with Gasteiger partial charge in [-0.15, -0.1) is 0 Å². The number of aliphatic hydroxyl groups excluding tert-OH is 1. The van der Waals surface area contributed by atoms with E-state index < -0.39 is 24.3 Å². The van der Waals surface area contributed by atoms with Crippen molar-refractivity contribution in [3.63, 3.8) is 0 Å². The number of aliphatic hydroxyl groups is 1. The number of benzene rings is 1. The van der Waals surface area contributed by atoms with Crippen molar-refractivity contribution in [3.8, 4) is 5.75 Å². The third-order valence-electron chi connectivity index (χ3n) is 5.42. The Balaban J connectivity index is 1.51. The summed E-state index contributed by atoms with van der Waals surface area (Å²) in [5, 5.41) is 20.8. The van der Waals surface area contributed by atoms with Crippen molar-refractivity contribution in [2.45, 2.75) is 38.2 Å². The Kier molecular flexibility index (Phi) is 6.91. The average molecular weight is 420 g/mol. The number of rotatable bonds is 7. The van der Waals surface area contributed by atoms with Crippen LogP contribution < -0.4 is 10.1 Å². The predicted octanol–water partition coefficient (Wildman–Crippen LogP) is 2.01. The highest BCUT2D eigenvalue weighted by Crippen LogP contribution is 2.29. The molecule has 2 aliphatic rings. The minimum absolute atomic E-state index is 0.0325. The van der Waals surface area contributed by atoms with E-state index in [1.165, 1.54) is 12.1 Å². The van der Waals surface area contributed by atoms with E-state index in [2.05, 4.69) is 5.32 Å². The van der Waals surface area contributed by atoms with Crippen molar-refractivity contribution < 1.29 is 33.7 Å². The molecule has 0 radical (unpaired) electrons. The summed E-state index contributed by atoms with van der Waals surface area (Å²) in [6.07, 6.45) is 3.47. The van der Waals surface area contributed by atoms with Crippen molar-refractivity contribution in [2.75, 3.05) is 19.6 Å². The first-order valence-corrected chi connectivity index (χ1v) is 9.97. The van der Waals surface area contributed by atoms with Gasteiger partial charge in [-0.1, -0.05) is 0 Å². The number of carbonyl (C=O) groups excluding carboxylic acids is 2. The van der Waals surface area contributed by atoms with Crippen molar-refractivity contribution >= 4 is 17.8 Å². The Morgan fingerprint density at radius 2 is 1.83 bits per heavy atom. The maximum Gasteiger partial charge on any atom is 0.322 e. The van der Waals surface area contributed by atoms with Crippen LogP contribution in [0, 0.1) is 11.7 Å². The van der Waals surface area contributed by atoms with Crippen LogP contribution in [-0.2, 0) is 14.4 Å². The number of aliphatic carboxylic acids is 1. The van der Waals surface area contributed by atoms with Gasteiger partial charge in [-0.2, -0.15) is 0 Å². The molecule has 162 valence electrons. The Labute approximate surface area is 173 Å². The predicted molar refractivity (Wildman–Crippen MR) is 104 cm³/mol. The molecule has 1 aromatic carbocycles. The summed E-state index contributed by atoms with van der Waals surface area (Å²) in [6, 6.07) is 5.92. The third-order valence-corrected chi connectivity index (χ3v) is 5.42. The summed E-state index contributed by atoms with van der Waals surface area (Å²) in [5.41, 5.74) is -0.379. The van der Waals surface area contributed by atoms with Crippen LogP contribution in [0.4, 0.5) is 4.39 Å². The van der Waals surface area contributed by atoms with Crippen LogP contribution in [0.1, 0.15) is 32.1 Å². The van der Waals surface area contributed by atoms with Gasteiger partial charge in [-0.05, 0) is 55.9 Å². The molecule has 1 fully saturated rings. The number of hydrogen-bond acceptors (Lipinski definition) is 5. The third kappa shape index (κ3) is 5.49. The smallest absolute Gasteiger partial charge is 0.322 e. The fourth-order valence-corrected chi connectivity index (χ4v) is 3.85. The van der Waals surface area contributed by atoms with Crippen molar-refractivity contribution in [1.29, 1.82) is 0 Å². The van der Waals surface area contributed by atoms with Crippen LogP contribution in [0.15, 0.2) is 35.6 Å². The van der Waals surface area contributed by atoms with E-state index in [1.54, 1.807) is 17.0 Å². The zero-order valence-corrected chi connectivity index (χ0v) is 16.5. The minimum Gasteiger partial charge on any atom is -0.511 e. The van der Waals surface area contributed by atoms with Crippen LogP contribution in [0.3, 0.4) is 0 Å². The van der Waals surface area contributed by atoms with E-state index in [9.17, 15) is 23.9 Å². The summed E-state index contributed by atoms with van der Waals surface area (Å²) < 4.78 is 18.9. The van der Waals surface area contributed by atoms with Gasteiger partial charge in [-0.3, -0.25) is 14.4 Å². The molecule has 9 heteroatoms. The second kappa shape index (κ2) is 9.60. The first-order valence-electron chi connectivity index (χ1n) is 9.97. The van der Waals surface area contributed by atoms with Crippen LogP contribution in [0.25, 0.3) is 0 Å². The fourth-order valence-electron chi connectivity index (χ4n) is 3.85. The first-order chi connectivity index (χ1) is 14.3. The molecule has 3 N–H and O–H groups in total. The molecule has 0 atom stereocenters. The molecule has 0 unspecified atom stereocenters. The fraction of sp³-hybridized carbons (Fsp3) is 0.476. The number of hydrogen-bond donors (Lipinski definition) is 3. The van der Waals surface area contributed by atoms with Gasteiger partial charge in [0.2, 0.25) is 0 Å². The van der Waals surface area contributed by atoms with Crippen LogP contribution >= 0.6 is 0 Å². The lowest BCUT2D eigenvalue weighted by Crippen LogP contribution is -2.45. The van der Waals surface area contributed by atoms with E-state index in [1.807, 2.05) is 0 Å². The molecule has 0 bridgehead atoms. The number of nitrogens with one attached hydrogen (secondary N) is 1. The standard InChI is InChI=1S/C21H25FN2O6/c22-14-3-7-16(8-4-14)30-15-5-1-13(2-6-15)12-24-10-9-17(25)19(21(24)29)20(28)23-11-18(26)27/h3-4,7-8,13,15,25H,1-2,5-6,9-12H2,(H,23,28)(H,26,27)/t13-,15+. The van der Waals surface area contributed by atoms with Crippen LogP contribution in [0.2, 0.25) is 0 Å². The largest absolute Gasteiger partial charge is 0.511 e. The van der Waals surface area contributed by atoms with Gasteiger partial charge in [0, 0.05) is 19.5 Å². The molecule has 30 heavy (non-hydrogen) atoms. The molecule has 1 aliphatic carbocycles. The molecule has 1 saturated carbocycles. The Morgan fingerprint density at radius 1 is 1.17 bits per heavy atom. The summed E-state index contributed by atoms with van der Waals surface area (Å²) in [6.45, 7) is 0.151. The first kappa shape index (κ1) is 21.6. The maximum absolute atomic E-state index is 13.0. The van der Waals surface area contributed by atoms with Crippen LogP contribution in [-0.4, -0.2) is 58.6 Å². The van der Waals surface area contributed by atoms with E-state index in [0.717, 1.165) is 25.7 Å². The summed E-state index contributed by atoms with van der Waals surface area (Å²) in [7, 11) is 0. The van der Waals surface area contributed by atoms with Crippen molar-refractivity contribution in [2.24, 2.45) is 5.92 Å². The number of carbonyl (C=O) groups is 3. The highest BCUT2D eigenvalue weighted by Gasteiger charge is 2.34. The van der Waals surface area contributed by atoms with E-state index in [0.29, 0.717) is 18.8 Å². The topological polar surface area (TPSA) is 116 Å². The molecular weight excluding hydrogens is 395 g/mol. The lowest BCUT2D eigenvalue weighted by Gasteiger charge is -2.34. The molecule has 2 amide bonds. The van der Waals surface area contributed by atoms with Gasteiger partial charge in [0.15, 0.2) is 0 Å². The normalized spacial score (nSPS) is 22.0. The van der Waals surface area contributed by atoms with Gasteiger partial charge in [-0.25, -0.2) is 4.39 Å². The lowest BCUT2D eigenvalue weighted by atomic mass is 9.86. The number of halogens is 1. The Hall–Kier alpha value is -3.10. The van der Waals surface area contributed by atoms with Crippen molar-refractivity contribution in [3.05, 3.63) is 41.4 Å². The molecule has 8 nitrogen and oxygen atoms in total. The second-order valence-electron chi connectivity index (χ2n) is 7.61. The lowest BCUT2D eigenvalue weighted by molar-refractivity contribution is -0.138. The zero-order valence-electron chi connectivity index (χ0n) is 16.5. The molecule has 1 aliphatic heterocycles. The maximum atomic E-state index is 13.0. The quantitative estimate of drug-likeness (QED) is 0.581. The van der Waals surface area contributed by atoms with Gasteiger partial charge < -0.3 is 25.2 Å². The second-order valence-corrected chi connectivity index (χ2v) is 7.61. The summed E-state index contributed by atoms with van der Waals surface area (Å²) in [5.74, 6) is -2.44. The number of amides is 2. The Bertz CT molecular complexity index is 830. The van der Waals surface area contributed by atoms with Crippen LogP contribution in [0.5, 0.6) is 5.75 Å². The molecular formula is C21H25FN2O6. The number of nitrogens with zero attached hydrogens (tertiary/aromatic N) is 1. The highest BCUT2D eigenvalue weighted by molar-refractivity contribution is 6.19. The molecule has 0 saturated heterocycles. The zero-order chi connectivity index (χ0) is 21.7. The molecule has 0 aromatic heterocycles. The molecule has 0 spiro atoms. The summed E-state index contributed by atoms with van der Waals surface area (Å²) in [4.78, 5) is 37.0. The molecule has 1 heterocycles. The van der Waals surface area contributed by atoms with Gasteiger partial charge in [0.1, 0.15) is 29.4 Å². The van der Waals surface area contributed by atoms with Gasteiger partial charge in [0.25, 0.3) is 11.8 Å². The summed E-state index contributed by atoms with van der Waals surface area (Å²) >= 11 is 0.